The molecule has 30 heavy (non-hydrogen) atoms. The maximum atomic E-state index is 12.0. The lowest BCUT2D eigenvalue weighted by Crippen LogP contribution is -2.25. The molecule has 1 aliphatic rings. The molecule has 0 amide bonds. The summed E-state index contributed by atoms with van der Waals surface area (Å²) in [6, 6.07) is 12.9. The van der Waals surface area contributed by atoms with Crippen LogP contribution in [-0.2, 0) is 31.8 Å². The molecule has 1 heterocycles. The highest BCUT2D eigenvalue weighted by Crippen LogP contribution is 2.32. The standard InChI is InChI=1S/C24H30O6/c1-4-5-18-8-12-21(25)22(14-18)29-19-10-6-17(7-11-19)9-13-23(26)27-15-20-16-28-24(2,3)30-20/h6-8,10-12,14,20,25H,4-5,9,13,15-16H2,1-3H3/t20-/m1/s1. The maximum absolute atomic E-state index is 12.0. The predicted octanol–water partition coefficient (Wildman–Crippen LogP) is 4.76. The fourth-order valence-corrected chi connectivity index (χ4v) is 3.29. The Labute approximate surface area is 177 Å². The number of carbonyl (C=O) groups is 1. The van der Waals surface area contributed by atoms with E-state index in [1.54, 1.807) is 6.07 Å². The van der Waals surface area contributed by atoms with E-state index in [1.807, 2.05) is 50.2 Å². The van der Waals surface area contributed by atoms with Crippen LogP contribution in [-0.4, -0.2) is 36.2 Å². The number of ether oxygens (including phenoxy) is 4. The van der Waals surface area contributed by atoms with Gasteiger partial charge in [0.25, 0.3) is 0 Å². The molecule has 1 N–H and O–H groups in total. The first-order valence-electron chi connectivity index (χ1n) is 10.4. The lowest BCUT2D eigenvalue weighted by molar-refractivity contribution is -0.158. The second-order valence-electron chi connectivity index (χ2n) is 7.93. The molecule has 0 radical (unpaired) electrons. The Bertz CT molecular complexity index is 843. The van der Waals surface area contributed by atoms with Crippen molar-refractivity contribution in [1.29, 1.82) is 0 Å². The lowest BCUT2D eigenvalue weighted by atomic mass is 10.1. The van der Waals surface area contributed by atoms with Gasteiger partial charge in [0.15, 0.2) is 17.3 Å². The van der Waals surface area contributed by atoms with E-state index < -0.39 is 5.79 Å². The number of hydrogen-bond acceptors (Lipinski definition) is 6. The Hall–Kier alpha value is -2.57. The van der Waals surface area contributed by atoms with Crippen molar-refractivity contribution in [2.45, 2.75) is 58.3 Å². The molecule has 0 spiro atoms. The zero-order valence-electron chi connectivity index (χ0n) is 17.8. The highest BCUT2D eigenvalue weighted by Gasteiger charge is 2.33. The summed E-state index contributed by atoms with van der Waals surface area (Å²) in [5.74, 6) is 0.308. The summed E-state index contributed by atoms with van der Waals surface area (Å²) in [7, 11) is 0. The highest BCUT2D eigenvalue weighted by molar-refractivity contribution is 5.69. The van der Waals surface area contributed by atoms with Crippen molar-refractivity contribution < 1.29 is 28.8 Å². The van der Waals surface area contributed by atoms with Crippen LogP contribution in [0.4, 0.5) is 0 Å². The summed E-state index contributed by atoms with van der Waals surface area (Å²) in [5, 5.41) is 10.0. The van der Waals surface area contributed by atoms with Crippen LogP contribution in [0.3, 0.4) is 0 Å². The van der Waals surface area contributed by atoms with Crippen LogP contribution in [0.5, 0.6) is 17.2 Å². The molecule has 1 aliphatic heterocycles. The number of esters is 1. The second-order valence-corrected chi connectivity index (χ2v) is 7.93. The van der Waals surface area contributed by atoms with E-state index in [0.717, 1.165) is 24.0 Å². The van der Waals surface area contributed by atoms with Gasteiger partial charge in [0.1, 0.15) is 18.5 Å². The van der Waals surface area contributed by atoms with E-state index >= 15 is 0 Å². The molecule has 1 fully saturated rings. The Balaban J connectivity index is 1.45. The fraction of sp³-hybridized carbons (Fsp3) is 0.458. The molecular weight excluding hydrogens is 384 g/mol. The second kappa shape index (κ2) is 9.96. The van der Waals surface area contributed by atoms with Gasteiger partial charge in [-0.1, -0.05) is 31.5 Å². The average molecular weight is 414 g/mol. The van der Waals surface area contributed by atoms with E-state index in [2.05, 4.69) is 6.92 Å². The van der Waals surface area contributed by atoms with Crippen LogP contribution in [0.15, 0.2) is 42.5 Å². The first-order chi connectivity index (χ1) is 14.3. The maximum Gasteiger partial charge on any atom is 0.306 e. The summed E-state index contributed by atoms with van der Waals surface area (Å²) in [5.41, 5.74) is 2.13. The van der Waals surface area contributed by atoms with E-state index in [9.17, 15) is 9.90 Å². The molecule has 2 aromatic rings. The van der Waals surface area contributed by atoms with E-state index in [-0.39, 0.29) is 30.9 Å². The van der Waals surface area contributed by atoms with Crippen molar-refractivity contribution >= 4 is 5.97 Å². The van der Waals surface area contributed by atoms with Crippen LogP contribution >= 0.6 is 0 Å². The van der Waals surface area contributed by atoms with Crippen LogP contribution in [0, 0.1) is 0 Å². The van der Waals surface area contributed by atoms with Gasteiger partial charge in [-0.25, -0.2) is 0 Å². The summed E-state index contributed by atoms with van der Waals surface area (Å²) in [6.07, 6.45) is 2.61. The molecule has 0 unspecified atom stereocenters. The summed E-state index contributed by atoms with van der Waals surface area (Å²) >= 11 is 0. The third-order valence-electron chi connectivity index (χ3n) is 4.83. The van der Waals surface area contributed by atoms with Crippen LogP contribution in [0.1, 0.15) is 44.7 Å². The number of phenols is 1. The predicted molar refractivity (Wildman–Crippen MR) is 113 cm³/mol. The topological polar surface area (TPSA) is 74.2 Å². The van der Waals surface area contributed by atoms with Crippen molar-refractivity contribution in [3.8, 4) is 17.2 Å². The molecule has 0 saturated carbocycles. The zero-order valence-corrected chi connectivity index (χ0v) is 17.8. The van der Waals surface area contributed by atoms with Crippen molar-refractivity contribution in [2.24, 2.45) is 0 Å². The molecular formula is C24H30O6. The number of rotatable bonds is 9. The minimum Gasteiger partial charge on any atom is -0.504 e. The van der Waals surface area contributed by atoms with Gasteiger partial charge < -0.3 is 24.1 Å². The Morgan fingerprint density at radius 3 is 2.53 bits per heavy atom. The van der Waals surface area contributed by atoms with Crippen molar-refractivity contribution in [3.63, 3.8) is 0 Å². The smallest absolute Gasteiger partial charge is 0.306 e. The van der Waals surface area contributed by atoms with Crippen LogP contribution in [0.2, 0.25) is 0 Å². The molecule has 0 aromatic heterocycles. The van der Waals surface area contributed by atoms with Gasteiger partial charge >= 0.3 is 5.97 Å². The number of aryl methyl sites for hydroxylation is 2. The Kier molecular flexibility index (Phi) is 7.34. The number of phenolic OH excluding ortho intramolecular Hbond substituents is 1. The number of carbonyl (C=O) groups excluding carboxylic acids is 1. The molecule has 1 atom stereocenters. The normalized spacial score (nSPS) is 17.6. The highest BCUT2D eigenvalue weighted by atomic mass is 16.7. The number of benzene rings is 2. The quantitative estimate of drug-likeness (QED) is 0.596. The van der Waals surface area contributed by atoms with Crippen LogP contribution < -0.4 is 4.74 Å². The molecule has 0 aliphatic carbocycles. The molecule has 2 aromatic carbocycles. The number of hydrogen-bond donors (Lipinski definition) is 1. The van der Waals surface area contributed by atoms with Gasteiger partial charge in [-0.15, -0.1) is 0 Å². The minimum atomic E-state index is -0.616. The summed E-state index contributed by atoms with van der Waals surface area (Å²) in [6.45, 7) is 6.42. The fourth-order valence-electron chi connectivity index (χ4n) is 3.29. The van der Waals surface area contributed by atoms with Gasteiger partial charge in [0, 0.05) is 6.42 Å². The zero-order chi connectivity index (χ0) is 21.6. The number of aromatic hydroxyl groups is 1. The van der Waals surface area contributed by atoms with Crippen molar-refractivity contribution in [1.82, 2.24) is 0 Å². The van der Waals surface area contributed by atoms with Gasteiger partial charge in [0.2, 0.25) is 0 Å². The van der Waals surface area contributed by atoms with E-state index in [4.69, 9.17) is 18.9 Å². The van der Waals surface area contributed by atoms with Gasteiger partial charge in [-0.05, 0) is 62.1 Å². The molecule has 0 bridgehead atoms. The van der Waals surface area contributed by atoms with Gasteiger partial charge in [-0.2, -0.15) is 0 Å². The molecule has 6 nitrogen and oxygen atoms in total. The first-order valence-corrected chi connectivity index (χ1v) is 10.4. The largest absolute Gasteiger partial charge is 0.504 e. The minimum absolute atomic E-state index is 0.113. The van der Waals surface area contributed by atoms with E-state index in [0.29, 0.717) is 24.5 Å². The monoisotopic (exact) mass is 414 g/mol. The van der Waals surface area contributed by atoms with E-state index in [1.165, 1.54) is 0 Å². The average Bonchev–Trinajstić information content (AvgIpc) is 3.07. The summed E-state index contributed by atoms with van der Waals surface area (Å²) in [4.78, 5) is 12.0. The van der Waals surface area contributed by atoms with Crippen molar-refractivity contribution in [3.05, 3.63) is 53.6 Å². The lowest BCUT2D eigenvalue weighted by Gasteiger charge is -2.17. The Morgan fingerprint density at radius 2 is 1.87 bits per heavy atom. The molecule has 1 saturated heterocycles. The van der Waals surface area contributed by atoms with Crippen molar-refractivity contribution in [2.75, 3.05) is 13.2 Å². The van der Waals surface area contributed by atoms with Crippen LogP contribution in [0.25, 0.3) is 0 Å². The SMILES string of the molecule is CCCc1ccc(O)c(Oc2ccc(CCC(=O)OC[C@@H]3COC(C)(C)O3)cc2)c1. The third kappa shape index (κ3) is 6.47. The third-order valence-corrected chi connectivity index (χ3v) is 4.83. The van der Waals surface area contributed by atoms with Gasteiger partial charge in [-0.3, -0.25) is 4.79 Å². The molecule has 162 valence electrons. The van der Waals surface area contributed by atoms with Gasteiger partial charge in [0.05, 0.1) is 6.61 Å². The summed E-state index contributed by atoms with van der Waals surface area (Å²) < 4.78 is 22.2. The molecule has 6 heteroatoms. The first kappa shape index (κ1) is 22.1. The Morgan fingerprint density at radius 1 is 1.13 bits per heavy atom. The molecule has 3 rings (SSSR count).